The molecule has 2 aliphatic rings. The third-order valence-electron chi connectivity index (χ3n) is 5.20. The second kappa shape index (κ2) is 6.16. The van der Waals surface area contributed by atoms with E-state index in [4.69, 9.17) is 0 Å². The Hall–Kier alpha value is -2.15. The quantitative estimate of drug-likeness (QED) is 0.599. The molecule has 1 aromatic carbocycles. The molecule has 0 unspecified atom stereocenters. The summed E-state index contributed by atoms with van der Waals surface area (Å²) in [6, 6.07) is 8.19. The van der Waals surface area contributed by atoms with Crippen molar-refractivity contribution in [1.82, 2.24) is 0 Å². The van der Waals surface area contributed by atoms with E-state index in [2.05, 4.69) is 38.6 Å². The van der Waals surface area contributed by atoms with Gasteiger partial charge in [-0.2, -0.15) is 0 Å². The normalized spacial score (nSPS) is 22.9. The standard InChI is InChI=1S/C22H24O/c1-14(2)18-11-9-17(10-12-18)13-21-15(3)19-7-5-6-8-20(19)16(4)22(21)23/h5-9,13,18H,1,10-12H2,2-4H3/t18-/m1/s1. The molecule has 1 atom stereocenters. The number of rotatable bonds is 2. The fraction of sp³-hybridized carbons (Fsp3) is 0.318. The maximum Gasteiger partial charge on any atom is 0.189 e. The summed E-state index contributed by atoms with van der Waals surface area (Å²) in [5.74, 6) is 0.766. The molecule has 0 fully saturated rings. The zero-order chi connectivity index (χ0) is 16.6. The number of carbonyl (C=O) groups excluding carboxylic acids is 1. The summed E-state index contributed by atoms with van der Waals surface area (Å²) in [5.41, 5.74) is 5.37. The van der Waals surface area contributed by atoms with Crippen molar-refractivity contribution in [2.75, 3.05) is 0 Å². The molecule has 2 aliphatic carbocycles. The van der Waals surface area contributed by atoms with Crippen LogP contribution in [0.15, 0.2) is 59.7 Å². The van der Waals surface area contributed by atoms with Crippen molar-refractivity contribution in [3.05, 3.63) is 70.2 Å². The van der Waals surface area contributed by atoms with Crippen molar-refractivity contribution in [3.63, 3.8) is 0 Å². The van der Waals surface area contributed by atoms with E-state index in [9.17, 15) is 4.79 Å². The van der Waals surface area contributed by atoms with Gasteiger partial charge in [-0.3, -0.25) is 4.79 Å². The molecule has 1 nitrogen and oxygen atoms in total. The molecule has 3 rings (SSSR count). The van der Waals surface area contributed by atoms with Crippen LogP contribution in [0, 0.1) is 5.92 Å². The highest BCUT2D eigenvalue weighted by molar-refractivity contribution is 6.29. The lowest BCUT2D eigenvalue weighted by molar-refractivity contribution is -0.110. The highest BCUT2D eigenvalue weighted by atomic mass is 16.1. The molecule has 0 N–H and O–H groups in total. The largest absolute Gasteiger partial charge is 0.289 e. The molecule has 0 aromatic heterocycles. The zero-order valence-corrected chi connectivity index (χ0v) is 14.3. The Morgan fingerprint density at radius 3 is 2.39 bits per heavy atom. The molecule has 0 saturated carbocycles. The van der Waals surface area contributed by atoms with Gasteiger partial charge in [0.1, 0.15) is 0 Å². The smallest absolute Gasteiger partial charge is 0.189 e. The Balaban J connectivity index is 2.04. The molecule has 0 amide bonds. The Morgan fingerprint density at radius 2 is 1.83 bits per heavy atom. The molecular formula is C22H24O. The van der Waals surface area contributed by atoms with Gasteiger partial charge in [0.25, 0.3) is 0 Å². The number of Topliss-reactive ketones (excluding diaryl/α,β-unsaturated/α-hetero) is 1. The van der Waals surface area contributed by atoms with Crippen LogP contribution in [0.1, 0.15) is 40.0 Å². The minimum Gasteiger partial charge on any atom is -0.289 e. The average Bonchev–Trinajstić information content (AvgIpc) is 2.57. The molecule has 23 heavy (non-hydrogen) atoms. The van der Waals surface area contributed by atoms with Gasteiger partial charge in [0.05, 0.1) is 0 Å². The first-order valence-corrected chi connectivity index (χ1v) is 8.37. The van der Waals surface area contributed by atoms with Crippen molar-refractivity contribution in [2.24, 2.45) is 5.92 Å². The van der Waals surface area contributed by atoms with E-state index in [0.717, 1.165) is 41.2 Å². The molecule has 0 bridgehead atoms. The van der Waals surface area contributed by atoms with Crippen LogP contribution in [0.5, 0.6) is 0 Å². The first kappa shape index (κ1) is 15.7. The van der Waals surface area contributed by atoms with E-state index in [1.807, 2.05) is 25.1 Å². The topological polar surface area (TPSA) is 17.1 Å². The van der Waals surface area contributed by atoms with Crippen LogP contribution in [0.4, 0.5) is 0 Å². The van der Waals surface area contributed by atoms with E-state index >= 15 is 0 Å². The lowest BCUT2D eigenvalue weighted by atomic mass is 9.83. The predicted octanol–water partition coefficient (Wildman–Crippen LogP) is 3.84. The van der Waals surface area contributed by atoms with Gasteiger partial charge >= 0.3 is 0 Å². The SMILES string of the molecule is C=C(C)[C@@H]1CC=C(C=C2C(=O)C(C)=c3ccccc3=C2C)CC1. The number of hydrogen-bond donors (Lipinski definition) is 0. The van der Waals surface area contributed by atoms with Gasteiger partial charge < -0.3 is 0 Å². The molecule has 1 aromatic rings. The van der Waals surface area contributed by atoms with Crippen LogP contribution in [0.2, 0.25) is 0 Å². The molecule has 0 radical (unpaired) electrons. The van der Waals surface area contributed by atoms with Crippen molar-refractivity contribution >= 4 is 16.9 Å². The van der Waals surface area contributed by atoms with E-state index in [0.29, 0.717) is 5.92 Å². The van der Waals surface area contributed by atoms with E-state index in [-0.39, 0.29) is 5.78 Å². The second-order valence-electron chi connectivity index (χ2n) is 6.78. The molecule has 0 saturated heterocycles. The first-order valence-electron chi connectivity index (χ1n) is 8.37. The molecule has 0 spiro atoms. The highest BCUT2D eigenvalue weighted by Gasteiger charge is 2.21. The fourth-order valence-electron chi connectivity index (χ4n) is 3.57. The summed E-state index contributed by atoms with van der Waals surface area (Å²) in [6.45, 7) is 10.2. The summed E-state index contributed by atoms with van der Waals surface area (Å²) in [6.07, 6.45) is 7.61. The molecule has 118 valence electrons. The third kappa shape index (κ3) is 2.88. The monoisotopic (exact) mass is 304 g/mol. The van der Waals surface area contributed by atoms with Crippen LogP contribution in [0.25, 0.3) is 11.1 Å². The summed E-state index contributed by atoms with van der Waals surface area (Å²) >= 11 is 0. The van der Waals surface area contributed by atoms with Gasteiger partial charge in [-0.25, -0.2) is 0 Å². The number of fused-ring (bicyclic) bond motifs is 1. The van der Waals surface area contributed by atoms with E-state index in [1.54, 1.807) is 0 Å². The number of allylic oxidation sites excluding steroid dienone is 5. The number of benzene rings is 1. The maximum absolute atomic E-state index is 12.8. The molecule has 0 aliphatic heterocycles. The lowest BCUT2D eigenvalue weighted by Crippen LogP contribution is -2.35. The Kier molecular flexibility index (Phi) is 4.21. The minimum atomic E-state index is 0.170. The first-order chi connectivity index (χ1) is 11.0. The second-order valence-corrected chi connectivity index (χ2v) is 6.78. The van der Waals surface area contributed by atoms with Crippen LogP contribution in [-0.4, -0.2) is 5.78 Å². The summed E-state index contributed by atoms with van der Waals surface area (Å²) < 4.78 is 0. The third-order valence-corrected chi connectivity index (χ3v) is 5.20. The van der Waals surface area contributed by atoms with Gasteiger partial charge in [-0.15, -0.1) is 0 Å². The van der Waals surface area contributed by atoms with Gasteiger partial charge in [0.2, 0.25) is 0 Å². The van der Waals surface area contributed by atoms with Crippen LogP contribution >= 0.6 is 0 Å². The van der Waals surface area contributed by atoms with Crippen molar-refractivity contribution in [1.29, 1.82) is 0 Å². The van der Waals surface area contributed by atoms with Gasteiger partial charge in [-0.1, -0.05) is 48.1 Å². The number of hydrogen-bond acceptors (Lipinski definition) is 1. The average molecular weight is 304 g/mol. The van der Waals surface area contributed by atoms with E-state index < -0.39 is 0 Å². The molecule has 0 heterocycles. The number of carbonyl (C=O) groups is 1. The van der Waals surface area contributed by atoms with Crippen LogP contribution in [-0.2, 0) is 4.79 Å². The zero-order valence-electron chi connectivity index (χ0n) is 14.3. The maximum atomic E-state index is 12.8. The summed E-state index contributed by atoms with van der Waals surface area (Å²) in [5, 5.41) is 2.26. The van der Waals surface area contributed by atoms with Crippen LogP contribution in [0.3, 0.4) is 0 Å². The van der Waals surface area contributed by atoms with Crippen molar-refractivity contribution in [3.8, 4) is 0 Å². The highest BCUT2D eigenvalue weighted by Crippen LogP contribution is 2.30. The van der Waals surface area contributed by atoms with Gasteiger partial charge in [0, 0.05) is 11.1 Å². The van der Waals surface area contributed by atoms with Gasteiger partial charge in [0.15, 0.2) is 5.78 Å². The summed E-state index contributed by atoms with van der Waals surface area (Å²) in [7, 11) is 0. The van der Waals surface area contributed by atoms with E-state index in [1.165, 1.54) is 16.4 Å². The predicted molar refractivity (Wildman–Crippen MR) is 97.2 cm³/mol. The molecular weight excluding hydrogens is 280 g/mol. The Labute approximate surface area is 138 Å². The minimum absolute atomic E-state index is 0.170. The van der Waals surface area contributed by atoms with Crippen molar-refractivity contribution < 1.29 is 4.79 Å². The van der Waals surface area contributed by atoms with Crippen molar-refractivity contribution in [2.45, 2.75) is 40.0 Å². The Bertz CT molecular complexity index is 861. The van der Waals surface area contributed by atoms with Crippen LogP contribution < -0.4 is 10.4 Å². The number of ketones is 1. The Morgan fingerprint density at radius 1 is 1.17 bits per heavy atom. The molecule has 1 heteroatoms. The fourth-order valence-corrected chi connectivity index (χ4v) is 3.57. The van der Waals surface area contributed by atoms with Gasteiger partial charge in [-0.05, 0) is 68.0 Å². The summed E-state index contributed by atoms with van der Waals surface area (Å²) in [4.78, 5) is 12.8. The lowest BCUT2D eigenvalue weighted by Gasteiger charge is -2.22.